The molecule has 0 bridgehead atoms. The molecule has 0 spiro atoms. The van der Waals surface area contributed by atoms with Gasteiger partial charge in [-0.15, -0.1) is 0 Å². The highest BCUT2D eigenvalue weighted by molar-refractivity contribution is 6.30. The monoisotopic (exact) mass is 483 g/mol. The number of benzene rings is 1. The molecule has 0 amide bonds. The number of allylic oxidation sites excluding steroid dienone is 1. The molecule has 0 aromatic heterocycles. The van der Waals surface area contributed by atoms with E-state index in [0.717, 1.165) is 66.6 Å². The van der Waals surface area contributed by atoms with Crippen LogP contribution in [0.3, 0.4) is 0 Å². The van der Waals surface area contributed by atoms with Gasteiger partial charge in [0.2, 0.25) is 0 Å². The zero-order chi connectivity index (χ0) is 24.7. The topological polar surface area (TPSA) is 54.7 Å². The fraction of sp³-hybridized carbons (Fsp3) is 0.481. The fourth-order valence-corrected chi connectivity index (χ4v) is 5.00. The molecule has 1 aromatic rings. The molecule has 3 N–H and O–H groups in total. The van der Waals surface area contributed by atoms with Gasteiger partial charge in [-0.25, -0.2) is 0 Å². The minimum absolute atomic E-state index is 0.244. The number of likely N-dealkylation sites (N-methyl/N-ethyl adjacent to an activating group) is 2. The van der Waals surface area contributed by atoms with Gasteiger partial charge in [0.15, 0.2) is 0 Å². The van der Waals surface area contributed by atoms with Crippen molar-refractivity contribution in [3.05, 3.63) is 59.0 Å². The van der Waals surface area contributed by atoms with Gasteiger partial charge in [0.05, 0.1) is 18.3 Å². The zero-order valence-corrected chi connectivity index (χ0v) is 21.9. The van der Waals surface area contributed by atoms with E-state index in [9.17, 15) is 0 Å². The third-order valence-corrected chi connectivity index (χ3v) is 7.05. The van der Waals surface area contributed by atoms with Crippen LogP contribution in [0, 0.1) is 0 Å². The number of anilines is 1. The van der Waals surface area contributed by atoms with Crippen molar-refractivity contribution in [2.24, 2.45) is 4.99 Å². The second-order valence-corrected chi connectivity index (χ2v) is 9.54. The van der Waals surface area contributed by atoms with Gasteiger partial charge < -0.3 is 20.9 Å². The van der Waals surface area contributed by atoms with E-state index in [-0.39, 0.29) is 6.04 Å². The van der Waals surface area contributed by atoms with E-state index in [1.165, 1.54) is 17.7 Å². The number of rotatable bonds is 12. The van der Waals surface area contributed by atoms with Crippen molar-refractivity contribution in [3.63, 3.8) is 0 Å². The number of halogens is 1. The van der Waals surface area contributed by atoms with Crippen LogP contribution < -0.4 is 16.0 Å². The van der Waals surface area contributed by atoms with E-state index in [1.54, 1.807) is 0 Å². The second kappa shape index (κ2) is 12.3. The van der Waals surface area contributed by atoms with Crippen LogP contribution in [0.15, 0.2) is 53.4 Å². The molecule has 1 fully saturated rings. The van der Waals surface area contributed by atoms with Gasteiger partial charge in [0, 0.05) is 48.1 Å². The predicted octanol–water partition coefficient (Wildman–Crippen LogP) is 4.71. The van der Waals surface area contributed by atoms with Gasteiger partial charge in [-0.1, -0.05) is 23.2 Å². The van der Waals surface area contributed by atoms with Gasteiger partial charge in [0.1, 0.15) is 12.4 Å². The standard InChI is InChI=1S/C27H40ClN6/c1-19(10-12-22(30-4)17-29-3)18-34-26(16-27(34)32-6)25-9-7-8-14-33(25)20(2)23-15-21(28)11-13-24(23)31-5/h11,13,15-16,18,22,25,29-31H,2,6-10,12,14,17H2,1,3-5H3/q+1/b19-18-. The lowest BCUT2D eigenvalue weighted by Crippen LogP contribution is -2.47. The molecule has 2 aliphatic heterocycles. The molecule has 3 rings (SSSR count). The summed E-state index contributed by atoms with van der Waals surface area (Å²) in [6, 6.07) is 6.63. The van der Waals surface area contributed by atoms with Crippen molar-refractivity contribution in [2.45, 2.75) is 51.1 Å². The molecule has 2 aliphatic rings. The SMILES string of the molecule is C=NC1=CC(C2CCCCN2C(=C)c2cc(Cl)ccc2NC)=[N+]1/C=C(/C)CCC(CNC)NC. The summed E-state index contributed by atoms with van der Waals surface area (Å²) in [6.45, 7) is 12.4. The molecule has 0 aliphatic carbocycles. The normalized spacial score (nSPS) is 19.4. The summed E-state index contributed by atoms with van der Waals surface area (Å²) < 4.78 is 2.22. The lowest BCUT2D eigenvalue weighted by atomic mass is 9.93. The first kappa shape index (κ1) is 26.2. The Bertz CT molecular complexity index is 993. The molecule has 2 heterocycles. The molecule has 2 atom stereocenters. The number of hydrogen-bond donors (Lipinski definition) is 3. The smallest absolute Gasteiger partial charge is 0.331 e. The molecular weight excluding hydrogens is 444 g/mol. The summed E-state index contributed by atoms with van der Waals surface area (Å²) in [5.41, 5.74) is 5.68. The molecule has 1 saturated heterocycles. The Morgan fingerprint density at radius 1 is 1.32 bits per heavy atom. The summed E-state index contributed by atoms with van der Waals surface area (Å²) in [7, 11) is 5.95. The molecule has 6 nitrogen and oxygen atoms in total. The number of likely N-dealkylation sites (tertiary alicyclic amines) is 1. The first-order chi connectivity index (χ1) is 16.4. The van der Waals surface area contributed by atoms with Crippen LogP contribution in [0.4, 0.5) is 5.69 Å². The molecule has 184 valence electrons. The van der Waals surface area contributed by atoms with Crippen molar-refractivity contribution in [1.29, 1.82) is 0 Å². The summed E-state index contributed by atoms with van der Waals surface area (Å²) >= 11 is 6.35. The highest BCUT2D eigenvalue weighted by Crippen LogP contribution is 2.34. The summed E-state index contributed by atoms with van der Waals surface area (Å²) in [5, 5.41) is 10.6. The Morgan fingerprint density at radius 2 is 2.12 bits per heavy atom. The average molecular weight is 484 g/mol. The zero-order valence-electron chi connectivity index (χ0n) is 21.1. The fourth-order valence-electron chi connectivity index (χ4n) is 4.83. The summed E-state index contributed by atoms with van der Waals surface area (Å²) in [5.74, 6) is 0.907. The Morgan fingerprint density at radius 3 is 2.79 bits per heavy atom. The van der Waals surface area contributed by atoms with Crippen LogP contribution in [0.2, 0.25) is 5.02 Å². The van der Waals surface area contributed by atoms with Crippen molar-refractivity contribution in [1.82, 2.24) is 15.5 Å². The molecule has 0 radical (unpaired) electrons. The Balaban J connectivity index is 1.86. The molecule has 7 heteroatoms. The number of aliphatic imine (C=N–C) groups is 1. The molecular formula is C27H40ClN6+. The van der Waals surface area contributed by atoms with Crippen molar-refractivity contribution < 1.29 is 4.58 Å². The van der Waals surface area contributed by atoms with Gasteiger partial charge in [0.25, 0.3) is 0 Å². The highest BCUT2D eigenvalue weighted by atomic mass is 35.5. The maximum atomic E-state index is 6.35. The summed E-state index contributed by atoms with van der Waals surface area (Å²) in [6.07, 6.45) is 9.94. The quantitative estimate of drug-likeness (QED) is 0.298. The lowest BCUT2D eigenvalue weighted by molar-refractivity contribution is -0.417. The average Bonchev–Trinajstić information content (AvgIpc) is 2.84. The van der Waals surface area contributed by atoms with E-state index in [0.29, 0.717) is 6.04 Å². The molecule has 2 unspecified atom stereocenters. The van der Waals surface area contributed by atoms with Crippen LogP contribution in [0.5, 0.6) is 0 Å². The minimum atomic E-state index is 0.244. The minimum Gasteiger partial charge on any atom is -0.388 e. The van der Waals surface area contributed by atoms with Crippen LogP contribution in [-0.4, -0.2) is 68.2 Å². The number of hydrogen-bond acceptors (Lipinski definition) is 5. The number of nitrogens with one attached hydrogen (secondary N) is 3. The van der Waals surface area contributed by atoms with Gasteiger partial charge in [-0.3, -0.25) is 0 Å². The van der Waals surface area contributed by atoms with E-state index in [2.05, 4.69) is 62.9 Å². The van der Waals surface area contributed by atoms with Gasteiger partial charge >= 0.3 is 5.82 Å². The van der Waals surface area contributed by atoms with Crippen molar-refractivity contribution in [2.75, 3.05) is 39.5 Å². The Kier molecular flexibility index (Phi) is 9.51. The van der Waals surface area contributed by atoms with E-state index >= 15 is 0 Å². The predicted molar refractivity (Wildman–Crippen MR) is 147 cm³/mol. The molecule has 0 saturated carbocycles. The molecule has 34 heavy (non-hydrogen) atoms. The van der Waals surface area contributed by atoms with Crippen molar-refractivity contribution >= 4 is 35.4 Å². The Hall–Kier alpha value is -2.41. The van der Waals surface area contributed by atoms with Crippen LogP contribution in [-0.2, 0) is 0 Å². The Labute approximate surface area is 210 Å². The largest absolute Gasteiger partial charge is 0.388 e. The van der Waals surface area contributed by atoms with Crippen LogP contribution in [0.25, 0.3) is 5.70 Å². The lowest BCUT2D eigenvalue weighted by Gasteiger charge is -2.40. The second-order valence-electron chi connectivity index (χ2n) is 9.10. The van der Waals surface area contributed by atoms with E-state index in [1.807, 2.05) is 39.3 Å². The van der Waals surface area contributed by atoms with E-state index < -0.39 is 0 Å². The van der Waals surface area contributed by atoms with Gasteiger partial charge in [-0.05, 0) is 76.9 Å². The van der Waals surface area contributed by atoms with Crippen molar-refractivity contribution in [3.8, 4) is 0 Å². The third-order valence-electron chi connectivity index (χ3n) is 6.81. The van der Waals surface area contributed by atoms with Crippen LogP contribution >= 0.6 is 11.6 Å². The third kappa shape index (κ3) is 5.98. The number of nitrogens with zero attached hydrogens (tertiary/aromatic N) is 3. The summed E-state index contributed by atoms with van der Waals surface area (Å²) in [4.78, 5) is 6.69. The van der Waals surface area contributed by atoms with Gasteiger partial charge in [-0.2, -0.15) is 4.58 Å². The maximum Gasteiger partial charge on any atom is 0.331 e. The van der Waals surface area contributed by atoms with Crippen LogP contribution in [0.1, 0.15) is 44.6 Å². The van der Waals surface area contributed by atoms with E-state index in [4.69, 9.17) is 11.6 Å². The maximum absolute atomic E-state index is 6.35. The number of piperidine rings is 1. The molecule has 1 aromatic carbocycles. The first-order valence-corrected chi connectivity index (χ1v) is 12.6. The highest BCUT2D eigenvalue weighted by Gasteiger charge is 2.37. The first-order valence-electron chi connectivity index (χ1n) is 12.2.